The number of allylic oxidation sites excluding steroid dienone is 2. The summed E-state index contributed by atoms with van der Waals surface area (Å²) in [7, 11) is 3.59. The van der Waals surface area contributed by atoms with Crippen LogP contribution in [0.5, 0.6) is 17.2 Å². The number of piperazine rings is 1. The van der Waals surface area contributed by atoms with Crippen molar-refractivity contribution in [1.82, 2.24) is 15.1 Å². The molecule has 13 nitrogen and oxygen atoms in total. The number of carbonyl (C=O) groups excluding carboxylic acids is 2. The van der Waals surface area contributed by atoms with Crippen molar-refractivity contribution in [2.24, 2.45) is 11.3 Å². The summed E-state index contributed by atoms with van der Waals surface area (Å²) in [5, 5.41) is 29.0. The van der Waals surface area contributed by atoms with E-state index in [-0.39, 0.29) is 36.9 Å². The van der Waals surface area contributed by atoms with Crippen molar-refractivity contribution in [3.05, 3.63) is 75.4 Å². The number of methoxy groups -OCH3 is 1. The molecule has 0 radical (unpaired) electrons. The molecule has 55 heavy (non-hydrogen) atoms. The molecule has 8 aliphatic rings. The van der Waals surface area contributed by atoms with E-state index in [1.807, 2.05) is 45.2 Å². The number of rotatable bonds is 2. The Balaban J connectivity index is 1.24. The third kappa shape index (κ3) is 4.51. The minimum atomic E-state index is -1.34. The standard InChI is InChI=1S/C41H45N3O10S/c1-18-13-21-14-24-38(47)44-25-15-50-39(48)41(37-23(11-12-42-41)22-9-7-8-10-26(22)54-37)16-55-34(29(44)35(43(24)5)40(21,4)36(46)30(18)49-6)28-27(25)33-32(51-17-52-33)19(2)31(28)53-20(3)45/h7-10,13,21,24-25,29,34-35,38,42,46-47H,11-12,14-17H2,1-6H3/t21?,24-,25-,29-,34+,35-,38-,40?,41+/m0/s1. The fourth-order valence-electron chi connectivity index (χ4n) is 11.2. The maximum atomic E-state index is 14.8. The number of thioether (sulfide) groups is 1. The van der Waals surface area contributed by atoms with Crippen LogP contribution in [0.2, 0.25) is 0 Å². The van der Waals surface area contributed by atoms with E-state index in [0.717, 1.165) is 22.1 Å². The van der Waals surface area contributed by atoms with Crippen molar-refractivity contribution in [3.8, 4) is 17.2 Å². The second-order valence-electron chi connectivity index (χ2n) is 16.2. The van der Waals surface area contributed by atoms with Crippen LogP contribution in [0.1, 0.15) is 66.5 Å². The summed E-state index contributed by atoms with van der Waals surface area (Å²) in [4.78, 5) is 32.0. The van der Waals surface area contributed by atoms with Gasteiger partial charge in [-0.3, -0.25) is 19.9 Å². The van der Waals surface area contributed by atoms with Gasteiger partial charge in [-0.1, -0.05) is 31.2 Å². The molecule has 3 N–H and O–H groups in total. The minimum absolute atomic E-state index is 0.0395. The van der Waals surface area contributed by atoms with Gasteiger partial charge in [0.05, 0.1) is 23.8 Å². The van der Waals surface area contributed by atoms with Crippen molar-refractivity contribution in [2.75, 3.05) is 39.9 Å². The summed E-state index contributed by atoms with van der Waals surface area (Å²) in [6, 6.07) is 5.83. The van der Waals surface area contributed by atoms with Gasteiger partial charge >= 0.3 is 11.9 Å². The van der Waals surface area contributed by atoms with Crippen molar-refractivity contribution in [3.63, 3.8) is 0 Å². The van der Waals surface area contributed by atoms with Crippen LogP contribution in [0.3, 0.4) is 0 Å². The molecule has 3 fully saturated rings. The molecule has 8 heterocycles. The van der Waals surface area contributed by atoms with E-state index >= 15 is 0 Å². The van der Waals surface area contributed by atoms with Crippen LogP contribution in [-0.4, -0.2) is 96.2 Å². The fraction of sp³-hybridized carbons (Fsp3) is 0.512. The number of hydrogen-bond acceptors (Lipinski definition) is 14. The first kappa shape index (κ1) is 35.2. The van der Waals surface area contributed by atoms with Crippen molar-refractivity contribution in [2.45, 2.75) is 81.7 Å². The van der Waals surface area contributed by atoms with Gasteiger partial charge in [0.15, 0.2) is 22.8 Å². The van der Waals surface area contributed by atoms with Gasteiger partial charge in [-0.25, -0.2) is 4.79 Å². The molecule has 14 heteroatoms. The molecule has 2 aromatic carbocycles. The molecular weight excluding hydrogens is 727 g/mol. The molecular formula is C41H45N3O10S. The number of fused-ring (bicyclic) bond motifs is 11. The molecule has 1 spiro atoms. The Hall–Kier alpha value is -4.21. The van der Waals surface area contributed by atoms with E-state index in [1.54, 1.807) is 7.11 Å². The van der Waals surface area contributed by atoms with Crippen LogP contribution < -0.4 is 19.5 Å². The number of furan rings is 1. The predicted octanol–water partition coefficient (Wildman–Crippen LogP) is 4.90. The second kappa shape index (κ2) is 12.1. The van der Waals surface area contributed by atoms with Gasteiger partial charge in [0, 0.05) is 65.0 Å². The van der Waals surface area contributed by atoms with E-state index in [4.69, 9.17) is 28.1 Å². The Bertz CT molecular complexity index is 2250. The number of carbonyl (C=O) groups is 2. The minimum Gasteiger partial charge on any atom is -0.508 e. The van der Waals surface area contributed by atoms with Crippen molar-refractivity contribution in [1.29, 1.82) is 0 Å². The van der Waals surface area contributed by atoms with Gasteiger partial charge in [-0.15, -0.1) is 11.8 Å². The zero-order valence-electron chi connectivity index (χ0n) is 31.6. The Morgan fingerprint density at radius 2 is 1.91 bits per heavy atom. The van der Waals surface area contributed by atoms with E-state index in [9.17, 15) is 19.8 Å². The molecule has 11 rings (SSSR count). The lowest BCUT2D eigenvalue weighted by molar-refractivity contribution is -0.222. The summed E-state index contributed by atoms with van der Waals surface area (Å²) < 4.78 is 37.3. The third-order valence-corrected chi connectivity index (χ3v) is 15.1. The van der Waals surface area contributed by atoms with Crippen LogP contribution in [0, 0.1) is 18.3 Å². The second-order valence-corrected chi connectivity index (χ2v) is 17.3. The van der Waals surface area contributed by atoms with Crippen LogP contribution >= 0.6 is 11.8 Å². The molecule has 7 aliphatic heterocycles. The number of esters is 2. The summed E-state index contributed by atoms with van der Waals surface area (Å²) in [5.74, 6) is 1.55. The number of ether oxygens (including phenoxy) is 5. The first-order valence-electron chi connectivity index (χ1n) is 18.9. The lowest BCUT2D eigenvalue weighted by Crippen LogP contribution is -2.77. The smallest absolute Gasteiger partial charge is 0.335 e. The number of benzene rings is 2. The monoisotopic (exact) mass is 771 g/mol. The van der Waals surface area contributed by atoms with Gasteiger partial charge in [-0.05, 0) is 51.3 Å². The quantitative estimate of drug-likeness (QED) is 0.239. The average molecular weight is 772 g/mol. The van der Waals surface area contributed by atoms with Crippen LogP contribution in [0.25, 0.3) is 11.0 Å². The molecule has 0 amide bonds. The Morgan fingerprint density at radius 3 is 2.69 bits per heavy atom. The topological polar surface area (TPSA) is 152 Å². The highest BCUT2D eigenvalue weighted by Gasteiger charge is 2.67. The lowest BCUT2D eigenvalue weighted by Gasteiger charge is -2.67. The van der Waals surface area contributed by atoms with Crippen molar-refractivity contribution < 1.29 is 47.9 Å². The predicted molar refractivity (Wildman–Crippen MR) is 201 cm³/mol. The number of nitrogens with one attached hydrogen (secondary N) is 1. The molecule has 1 aromatic heterocycles. The number of aliphatic hydroxyl groups is 2. The van der Waals surface area contributed by atoms with E-state index in [0.29, 0.717) is 64.9 Å². The van der Waals surface area contributed by atoms with Gasteiger partial charge in [-0.2, -0.15) is 0 Å². The van der Waals surface area contributed by atoms with Gasteiger partial charge in [0.2, 0.25) is 6.79 Å². The number of nitrogens with zero attached hydrogens (tertiary/aromatic N) is 2. The molecule has 3 saturated heterocycles. The van der Waals surface area contributed by atoms with Crippen LogP contribution in [0.4, 0.5) is 0 Å². The lowest BCUT2D eigenvalue weighted by atomic mass is 9.56. The third-order valence-electron chi connectivity index (χ3n) is 13.6. The molecule has 290 valence electrons. The highest BCUT2D eigenvalue weighted by molar-refractivity contribution is 7.99. The molecule has 3 aromatic rings. The van der Waals surface area contributed by atoms with Crippen LogP contribution in [-0.2, 0) is 31.0 Å². The number of likely N-dealkylation sites (N-methyl/N-ethyl adjacent to an activating group) is 1. The number of piperidine rings is 1. The van der Waals surface area contributed by atoms with E-state index < -0.39 is 52.5 Å². The zero-order valence-corrected chi connectivity index (χ0v) is 32.5. The van der Waals surface area contributed by atoms with Gasteiger partial charge < -0.3 is 38.3 Å². The molecule has 9 atom stereocenters. The highest BCUT2D eigenvalue weighted by atomic mass is 32.2. The summed E-state index contributed by atoms with van der Waals surface area (Å²) in [6.07, 6.45) is 2.41. The Morgan fingerprint density at radius 1 is 1.13 bits per heavy atom. The number of hydrogen-bond donors (Lipinski definition) is 3. The SMILES string of the molecule is COC1=C(O)C2(C)C(C=C1C)C[C@H]1[C@H](O)N3[C@@H]([C@@H]4SC[C@]5(NCCc6c5oc5ccccc65)C(=O)OC[C@H]3c3c5c(c(C)c(OC(C)=O)c34)OCO5)[C@@H]2N1C. The average Bonchev–Trinajstić information content (AvgIpc) is 3.81. The zero-order chi connectivity index (χ0) is 38.3. The Kier molecular flexibility index (Phi) is 7.78. The number of aliphatic hydroxyl groups excluding tert-OH is 2. The highest BCUT2D eigenvalue weighted by Crippen LogP contribution is 2.65. The van der Waals surface area contributed by atoms with Gasteiger partial charge in [0.25, 0.3) is 0 Å². The Labute approximate surface area is 322 Å². The summed E-state index contributed by atoms with van der Waals surface area (Å²) in [5.41, 5.74) is 2.32. The summed E-state index contributed by atoms with van der Waals surface area (Å²) >= 11 is 1.52. The normalized spacial score (nSPS) is 35.1. The van der Waals surface area contributed by atoms with E-state index in [2.05, 4.69) is 28.1 Å². The first-order chi connectivity index (χ1) is 26.4. The van der Waals surface area contributed by atoms with Crippen molar-refractivity contribution >= 4 is 34.7 Å². The van der Waals surface area contributed by atoms with E-state index in [1.165, 1.54) is 18.7 Å². The molecule has 4 bridgehead atoms. The maximum Gasteiger partial charge on any atom is 0.335 e. The summed E-state index contributed by atoms with van der Waals surface area (Å²) in [6.45, 7) is 7.60. The largest absolute Gasteiger partial charge is 0.508 e. The number of para-hydroxylation sites is 1. The molecule has 2 unspecified atom stereocenters. The first-order valence-corrected chi connectivity index (χ1v) is 20.0. The fourth-order valence-corrected chi connectivity index (χ4v) is 12.9. The van der Waals surface area contributed by atoms with Crippen LogP contribution in [0.15, 0.2) is 51.9 Å². The molecule has 0 saturated carbocycles. The van der Waals surface area contributed by atoms with Gasteiger partial charge in [0.1, 0.15) is 35.7 Å². The molecule has 1 aliphatic carbocycles. The maximum absolute atomic E-state index is 14.8.